The van der Waals surface area contributed by atoms with Gasteiger partial charge in [0.25, 0.3) is 0 Å². The Morgan fingerprint density at radius 1 is 0.941 bits per heavy atom. The summed E-state index contributed by atoms with van der Waals surface area (Å²) in [5.41, 5.74) is 1.62. The van der Waals surface area contributed by atoms with Gasteiger partial charge in [0.15, 0.2) is 0 Å². The third kappa shape index (κ3) is 3.53. The monoisotopic (exact) mass is 297 g/mol. The van der Waals surface area contributed by atoms with Crippen LogP contribution < -0.4 is 5.32 Å². The largest absolute Gasteiger partial charge is 0.381 e. The van der Waals surface area contributed by atoms with Gasteiger partial charge in [0.2, 0.25) is 0 Å². The second-order valence-corrected chi connectivity index (χ2v) is 4.55. The minimum absolute atomic E-state index is 0.274. The van der Waals surface area contributed by atoms with Crippen molar-refractivity contribution in [2.45, 2.75) is 6.54 Å². The normalized spacial score (nSPS) is 10.3. The molecule has 4 heteroatoms. The van der Waals surface area contributed by atoms with Crippen molar-refractivity contribution in [1.82, 2.24) is 0 Å². The van der Waals surface area contributed by atoms with E-state index in [4.69, 9.17) is 0 Å². The smallest absolute Gasteiger partial charge is 0.124 e. The van der Waals surface area contributed by atoms with Gasteiger partial charge in [0, 0.05) is 16.7 Å². The highest BCUT2D eigenvalue weighted by atomic mass is 79.9. The standard InChI is InChI=1S/C13H10BrF2N/c14-10-5-9(6-12(16)7-10)8-17-13-3-1-11(15)2-4-13/h1-7,17H,8H2. The molecule has 1 nitrogen and oxygen atoms in total. The molecule has 0 radical (unpaired) electrons. The molecule has 0 bridgehead atoms. The Bertz CT molecular complexity index is 491. The van der Waals surface area contributed by atoms with Crippen LogP contribution in [0.4, 0.5) is 14.5 Å². The van der Waals surface area contributed by atoms with E-state index in [0.717, 1.165) is 11.3 Å². The lowest BCUT2D eigenvalue weighted by atomic mass is 10.2. The highest BCUT2D eigenvalue weighted by molar-refractivity contribution is 9.10. The first-order valence-corrected chi connectivity index (χ1v) is 5.87. The summed E-state index contributed by atoms with van der Waals surface area (Å²) in [6.07, 6.45) is 0. The predicted octanol–water partition coefficient (Wildman–Crippen LogP) is 4.34. The maximum atomic E-state index is 13.1. The first kappa shape index (κ1) is 12.0. The molecule has 0 saturated heterocycles. The molecule has 17 heavy (non-hydrogen) atoms. The second kappa shape index (κ2) is 5.27. The zero-order valence-electron chi connectivity index (χ0n) is 8.88. The average molecular weight is 298 g/mol. The molecular formula is C13H10BrF2N. The third-order valence-corrected chi connectivity index (χ3v) is 2.72. The van der Waals surface area contributed by atoms with Gasteiger partial charge in [-0.05, 0) is 48.0 Å². The molecule has 88 valence electrons. The second-order valence-electron chi connectivity index (χ2n) is 3.64. The quantitative estimate of drug-likeness (QED) is 0.889. The lowest BCUT2D eigenvalue weighted by Crippen LogP contribution is -1.99. The van der Waals surface area contributed by atoms with Gasteiger partial charge in [-0.3, -0.25) is 0 Å². The summed E-state index contributed by atoms with van der Waals surface area (Å²) in [5, 5.41) is 3.09. The van der Waals surface area contributed by atoms with Crippen LogP contribution in [0.25, 0.3) is 0 Å². The molecule has 0 aliphatic rings. The van der Waals surface area contributed by atoms with Crippen molar-refractivity contribution < 1.29 is 8.78 Å². The minimum atomic E-state index is -0.282. The van der Waals surface area contributed by atoms with Gasteiger partial charge in [-0.1, -0.05) is 15.9 Å². The van der Waals surface area contributed by atoms with E-state index < -0.39 is 0 Å². The van der Waals surface area contributed by atoms with Gasteiger partial charge in [0.05, 0.1) is 0 Å². The first-order valence-electron chi connectivity index (χ1n) is 5.08. The summed E-state index contributed by atoms with van der Waals surface area (Å²) >= 11 is 3.23. The van der Waals surface area contributed by atoms with Gasteiger partial charge in [-0.25, -0.2) is 8.78 Å². The number of hydrogen-bond donors (Lipinski definition) is 1. The van der Waals surface area contributed by atoms with Crippen molar-refractivity contribution in [2.75, 3.05) is 5.32 Å². The number of halogens is 3. The molecule has 0 unspecified atom stereocenters. The topological polar surface area (TPSA) is 12.0 Å². The fourth-order valence-corrected chi connectivity index (χ4v) is 2.00. The Morgan fingerprint density at radius 2 is 1.65 bits per heavy atom. The summed E-state index contributed by atoms with van der Waals surface area (Å²) in [6, 6.07) is 10.7. The average Bonchev–Trinajstić information content (AvgIpc) is 2.27. The molecule has 0 atom stereocenters. The molecule has 0 heterocycles. The zero-order valence-corrected chi connectivity index (χ0v) is 10.5. The van der Waals surface area contributed by atoms with Crippen molar-refractivity contribution in [3.8, 4) is 0 Å². The summed E-state index contributed by atoms with van der Waals surface area (Å²) in [7, 11) is 0. The molecule has 2 aromatic rings. The molecule has 0 saturated carbocycles. The lowest BCUT2D eigenvalue weighted by Gasteiger charge is -2.07. The fourth-order valence-electron chi connectivity index (χ4n) is 1.48. The van der Waals surface area contributed by atoms with Gasteiger partial charge in [-0.15, -0.1) is 0 Å². The minimum Gasteiger partial charge on any atom is -0.381 e. The molecular weight excluding hydrogens is 288 g/mol. The van der Waals surface area contributed by atoms with E-state index >= 15 is 0 Å². The first-order chi connectivity index (χ1) is 8.13. The van der Waals surface area contributed by atoms with Crippen LogP contribution in [0.15, 0.2) is 46.9 Å². The van der Waals surface area contributed by atoms with E-state index in [0.29, 0.717) is 11.0 Å². The molecule has 0 aromatic heterocycles. The molecule has 0 aliphatic heterocycles. The van der Waals surface area contributed by atoms with Crippen LogP contribution in [0.3, 0.4) is 0 Å². The Morgan fingerprint density at radius 3 is 2.29 bits per heavy atom. The summed E-state index contributed by atoms with van der Waals surface area (Å²) in [4.78, 5) is 0. The Labute approximate surface area is 107 Å². The van der Waals surface area contributed by atoms with Crippen LogP contribution in [0, 0.1) is 11.6 Å². The van der Waals surface area contributed by atoms with E-state index in [9.17, 15) is 8.78 Å². The summed E-state index contributed by atoms with van der Waals surface area (Å²) in [5.74, 6) is -0.556. The van der Waals surface area contributed by atoms with E-state index in [1.165, 1.54) is 24.3 Å². The van der Waals surface area contributed by atoms with Crippen molar-refractivity contribution in [3.63, 3.8) is 0 Å². The molecule has 2 aromatic carbocycles. The van der Waals surface area contributed by atoms with Gasteiger partial charge >= 0.3 is 0 Å². The van der Waals surface area contributed by atoms with Crippen molar-refractivity contribution in [3.05, 3.63) is 64.1 Å². The van der Waals surface area contributed by atoms with Crippen LogP contribution in [0.5, 0.6) is 0 Å². The third-order valence-electron chi connectivity index (χ3n) is 2.26. The Balaban J connectivity index is 2.04. The van der Waals surface area contributed by atoms with Crippen LogP contribution in [-0.4, -0.2) is 0 Å². The highest BCUT2D eigenvalue weighted by Crippen LogP contribution is 2.16. The Hall–Kier alpha value is -1.42. The van der Waals surface area contributed by atoms with E-state index in [-0.39, 0.29) is 11.6 Å². The maximum absolute atomic E-state index is 13.1. The van der Waals surface area contributed by atoms with E-state index in [1.807, 2.05) is 6.07 Å². The van der Waals surface area contributed by atoms with Gasteiger partial charge < -0.3 is 5.32 Å². The van der Waals surface area contributed by atoms with Crippen LogP contribution in [0.2, 0.25) is 0 Å². The summed E-state index contributed by atoms with van der Waals surface area (Å²) < 4.78 is 26.5. The van der Waals surface area contributed by atoms with Crippen molar-refractivity contribution >= 4 is 21.6 Å². The fraction of sp³-hybridized carbons (Fsp3) is 0.0769. The zero-order chi connectivity index (χ0) is 12.3. The van der Waals surface area contributed by atoms with E-state index in [1.54, 1.807) is 12.1 Å². The number of hydrogen-bond acceptors (Lipinski definition) is 1. The number of anilines is 1. The Kier molecular flexibility index (Phi) is 3.74. The molecule has 0 spiro atoms. The number of benzene rings is 2. The van der Waals surface area contributed by atoms with Crippen molar-refractivity contribution in [1.29, 1.82) is 0 Å². The maximum Gasteiger partial charge on any atom is 0.124 e. The van der Waals surface area contributed by atoms with Gasteiger partial charge in [-0.2, -0.15) is 0 Å². The van der Waals surface area contributed by atoms with Crippen molar-refractivity contribution in [2.24, 2.45) is 0 Å². The number of rotatable bonds is 3. The van der Waals surface area contributed by atoms with Crippen LogP contribution >= 0.6 is 15.9 Å². The molecule has 1 N–H and O–H groups in total. The highest BCUT2D eigenvalue weighted by Gasteiger charge is 1.99. The lowest BCUT2D eigenvalue weighted by molar-refractivity contribution is 0.625. The predicted molar refractivity (Wildman–Crippen MR) is 67.8 cm³/mol. The molecule has 0 fully saturated rings. The van der Waals surface area contributed by atoms with Crippen LogP contribution in [-0.2, 0) is 6.54 Å². The van der Waals surface area contributed by atoms with E-state index in [2.05, 4.69) is 21.2 Å². The summed E-state index contributed by atoms with van der Waals surface area (Å²) in [6.45, 7) is 0.488. The molecule has 2 rings (SSSR count). The molecule has 0 amide bonds. The number of nitrogens with one attached hydrogen (secondary N) is 1. The molecule has 0 aliphatic carbocycles. The van der Waals surface area contributed by atoms with Gasteiger partial charge in [0.1, 0.15) is 11.6 Å². The van der Waals surface area contributed by atoms with Crippen LogP contribution in [0.1, 0.15) is 5.56 Å². The SMILES string of the molecule is Fc1ccc(NCc2cc(F)cc(Br)c2)cc1.